The molecule has 1 aromatic carbocycles. The van der Waals surface area contributed by atoms with Crippen molar-refractivity contribution in [3.8, 4) is 5.75 Å². The van der Waals surface area contributed by atoms with Crippen LogP contribution in [-0.2, 0) is 16.0 Å². The fraction of sp³-hybridized carbons (Fsp3) is 0.417. The molecular weight excluding hydrogens is 228 g/mol. The molecular formula is C12H15ClO3. The van der Waals surface area contributed by atoms with Crippen LogP contribution in [0, 0.1) is 0 Å². The van der Waals surface area contributed by atoms with Crippen molar-refractivity contribution in [2.75, 3.05) is 13.7 Å². The fourth-order valence-corrected chi connectivity index (χ4v) is 1.59. The van der Waals surface area contributed by atoms with Crippen LogP contribution >= 0.6 is 11.6 Å². The highest BCUT2D eigenvalue weighted by molar-refractivity contribution is 6.31. The van der Waals surface area contributed by atoms with Crippen molar-refractivity contribution >= 4 is 17.6 Å². The molecule has 0 unspecified atom stereocenters. The van der Waals surface area contributed by atoms with E-state index in [1.807, 2.05) is 19.1 Å². The molecule has 0 heterocycles. The van der Waals surface area contributed by atoms with Crippen LogP contribution in [0.5, 0.6) is 5.75 Å². The summed E-state index contributed by atoms with van der Waals surface area (Å²) in [7, 11) is 1.38. The Morgan fingerprint density at radius 1 is 1.44 bits per heavy atom. The van der Waals surface area contributed by atoms with Gasteiger partial charge in [0.1, 0.15) is 5.75 Å². The zero-order chi connectivity index (χ0) is 12.0. The first-order valence-corrected chi connectivity index (χ1v) is 5.53. The molecule has 0 saturated heterocycles. The summed E-state index contributed by atoms with van der Waals surface area (Å²) < 4.78 is 9.88. The lowest BCUT2D eigenvalue weighted by Crippen LogP contribution is -2.02. The molecule has 0 fully saturated rings. The van der Waals surface area contributed by atoms with Crippen LogP contribution in [-0.4, -0.2) is 19.7 Å². The van der Waals surface area contributed by atoms with E-state index in [9.17, 15) is 4.79 Å². The van der Waals surface area contributed by atoms with Gasteiger partial charge in [-0.3, -0.25) is 4.79 Å². The first kappa shape index (κ1) is 12.8. The van der Waals surface area contributed by atoms with Crippen LogP contribution in [0.15, 0.2) is 18.2 Å². The fourth-order valence-electron chi connectivity index (χ4n) is 1.33. The van der Waals surface area contributed by atoms with Crippen molar-refractivity contribution in [1.29, 1.82) is 0 Å². The average Bonchev–Trinajstić information content (AvgIpc) is 2.28. The maximum absolute atomic E-state index is 11.0. The summed E-state index contributed by atoms with van der Waals surface area (Å²) in [6.07, 6.45) is 0.919. The minimum atomic E-state index is -0.232. The molecule has 0 aromatic heterocycles. The molecule has 4 heteroatoms. The van der Waals surface area contributed by atoms with Crippen molar-refractivity contribution in [2.24, 2.45) is 0 Å². The van der Waals surface area contributed by atoms with Gasteiger partial charge in [0.05, 0.1) is 13.7 Å². The second kappa shape index (κ2) is 6.38. The van der Waals surface area contributed by atoms with Gasteiger partial charge in [0.2, 0.25) is 0 Å². The van der Waals surface area contributed by atoms with Crippen LogP contribution in [0.4, 0.5) is 0 Å². The van der Waals surface area contributed by atoms with Gasteiger partial charge < -0.3 is 9.47 Å². The van der Waals surface area contributed by atoms with Crippen LogP contribution < -0.4 is 4.74 Å². The quantitative estimate of drug-likeness (QED) is 0.745. The molecule has 0 amide bonds. The number of ether oxygens (including phenoxy) is 2. The topological polar surface area (TPSA) is 35.5 Å². The molecule has 0 spiro atoms. The Morgan fingerprint density at radius 2 is 2.19 bits per heavy atom. The summed E-state index contributed by atoms with van der Waals surface area (Å²) in [6, 6.07) is 5.48. The Balaban J connectivity index is 2.64. The molecule has 0 aliphatic rings. The molecule has 0 N–H and O–H groups in total. The van der Waals surface area contributed by atoms with E-state index < -0.39 is 0 Å². The van der Waals surface area contributed by atoms with Crippen LogP contribution in [0.3, 0.4) is 0 Å². The number of benzene rings is 1. The minimum Gasteiger partial charge on any atom is -0.494 e. The number of rotatable bonds is 5. The standard InChI is InChI=1S/C12H15ClO3/c1-3-16-10-6-4-9(11(13)8-10)5-7-12(14)15-2/h4,6,8H,3,5,7H2,1-2H3. The van der Waals surface area contributed by atoms with E-state index in [4.69, 9.17) is 16.3 Å². The third kappa shape index (κ3) is 3.74. The predicted octanol–water partition coefficient (Wildman–Crippen LogP) is 2.84. The van der Waals surface area contributed by atoms with Gasteiger partial charge in [0.25, 0.3) is 0 Å². The normalized spacial score (nSPS) is 9.94. The number of hydrogen-bond donors (Lipinski definition) is 0. The first-order valence-electron chi connectivity index (χ1n) is 5.15. The third-order valence-electron chi connectivity index (χ3n) is 2.16. The molecule has 1 rings (SSSR count). The number of methoxy groups -OCH3 is 1. The van der Waals surface area contributed by atoms with Gasteiger partial charge in [-0.25, -0.2) is 0 Å². The smallest absolute Gasteiger partial charge is 0.305 e. The lowest BCUT2D eigenvalue weighted by Gasteiger charge is -2.07. The molecule has 0 atom stereocenters. The maximum Gasteiger partial charge on any atom is 0.305 e. The Bertz CT molecular complexity index is 363. The largest absolute Gasteiger partial charge is 0.494 e. The van der Waals surface area contributed by atoms with Crippen molar-refractivity contribution in [3.63, 3.8) is 0 Å². The Labute approximate surface area is 100 Å². The Kier molecular flexibility index (Phi) is 5.12. The number of carbonyl (C=O) groups is 1. The van der Waals surface area contributed by atoms with Gasteiger partial charge >= 0.3 is 5.97 Å². The highest BCUT2D eigenvalue weighted by Crippen LogP contribution is 2.23. The van der Waals surface area contributed by atoms with E-state index in [-0.39, 0.29) is 5.97 Å². The van der Waals surface area contributed by atoms with Gasteiger partial charge in [0, 0.05) is 11.4 Å². The van der Waals surface area contributed by atoms with E-state index >= 15 is 0 Å². The number of hydrogen-bond acceptors (Lipinski definition) is 3. The number of halogens is 1. The molecule has 0 aliphatic carbocycles. The van der Waals surface area contributed by atoms with Crippen molar-refractivity contribution in [2.45, 2.75) is 19.8 Å². The minimum absolute atomic E-state index is 0.232. The lowest BCUT2D eigenvalue weighted by atomic mass is 10.1. The molecule has 0 bridgehead atoms. The molecule has 88 valence electrons. The van der Waals surface area contributed by atoms with Gasteiger partial charge in [0.15, 0.2) is 0 Å². The second-order valence-corrected chi connectivity index (χ2v) is 3.67. The monoisotopic (exact) mass is 242 g/mol. The summed E-state index contributed by atoms with van der Waals surface area (Å²) >= 11 is 6.06. The molecule has 0 aliphatic heterocycles. The molecule has 0 saturated carbocycles. The average molecular weight is 243 g/mol. The number of carbonyl (C=O) groups excluding carboxylic acids is 1. The first-order chi connectivity index (χ1) is 7.67. The Hall–Kier alpha value is -1.22. The van der Waals surface area contributed by atoms with E-state index in [1.165, 1.54) is 7.11 Å². The highest BCUT2D eigenvalue weighted by atomic mass is 35.5. The summed E-state index contributed by atoms with van der Waals surface area (Å²) in [6.45, 7) is 2.52. The number of aryl methyl sites for hydroxylation is 1. The van der Waals surface area contributed by atoms with Crippen LogP contribution in [0.2, 0.25) is 5.02 Å². The molecule has 3 nitrogen and oxygen atoms in total. The summed E-state index contributed by atoms with van der Waals surface area (Å²) in [4.78, 5) is 11.0. The number of esters is 1. The maximum atomic E-state index is 11.0. The predicted molar refractivity (Wildman–Crippen MR) is 63.0 cm³/mol. The molecule has 16 heavy (non-hydrogen) atoms. The zero-order valence-corrected chi connectivity index (χ0v) is 10.2. The van der Waals surface area contributed by atoms with Crippen LogP contribution in [0.1, 0.15) is 18.9 Å². The van der Waals surface area contributed by atoms with Gasteiger partial charge in [-0.2, -0.15) is 0 Å². The molecule has 0 radical (unpaired) electrons. The highest BCUT2D eigenvalue weighted by Gasteiger charge is 2.06. The summed E-state index contributed by atoms with van der Waals surface area (Å²) in [5, 5.41) is 0.620. The van der Waals surface area contributed by atoms with E-state index in [0.29, 0.717) is 24.5 Å². The zero-order valence-electron chi connectivity index (χ0n) is 9.46. The van der Waals surface area contributed by atoms with E-state index in [1.54, 1.807) is 6.07 Å². The van der Waals surface area contributed by atoms with Crippen molar-refractivity contribution in [1.82, 2.24) is 0 Å². The van der Waals surface area contributed by atoms with Crippen molar-refractivity contribution < 1.29 is 14.3 Å². The Morgan fingerprint density at radius 3 is 2.75 bits per heavy atom. The van der Waals surface area contributed by atoms with Crippen LogP contribution in [0.25, 0.3) is 0 Å². The SMILES string of the molecule is CCOc1ccc(CCC(=O)OC)c(Cl)c1. The second-order valence-electron chi connectivity index (χ2n) is 3.26. The summed E-state index contributed by atoms with van der Waals surface area (Å²) in [5.74, 6) is 0.513. The van der Waals surface area contributed by atoms with E-state index in [2.05, 4.69) is 4.74 Å². The van der Waals surface area contributed by atoms with E-state index in [0.717, 1.165) is 11.3 Å². The van der Waals surface area contributed by atoms with Gasteiger partial charge in [-0.15, -0.1) is 0 Å². The third-order valence-corrected chi connectivity index (χ3v) is 2.51. The summed E-state index contributed by atoms with van der Waals surface area (Å²) in [5.41, 5.74) is 0.926. The van der Waals surface area contributed by atoms with Gasteiger partial charge in [-0.05, 0) is 31.0 Å². The van der Waals surface area contributed by atoms with Gasteiger partial charge in [-0.1, -0.05) is 17.7 Å². The van der Waals surface area contributed by atoms with Crippen molar-refractivity contribution in [3.05, 3.63) is 28.8 Å². The lowest BCUT2D eigenvalue weighted by molar-refractivity contribution is -0.140. The molecule has 1 aromatic rings.